The molecule has 0 saturated heterocycles. The van der Waals surface area contributed by atoms with E-state index < -0.39 is 0 Å². The van der Waals surface area contributed by atoms with Crippen LogP contribution in [0.15, 0.2) is 53.5 Å². The summed E-state index contributed by atoms with van der Waals surface area (Å²) < 4.78 is 1.34. The van der Waals surface area contributed by atoms with Crippen LogP contribution in [0.25, 0.3) is 10.9 Å². The molecular formula is C19H18N2O2. The van der Waals surface area contributed by atoms with Crippen LogP contribution in [-0.4, -0.2) is 28.3 Å². The fourth-order valence-corrected chi connectivity index (χ4v) is 2.92. The number of fused-ring (bicyclic) bond motifs is 1. The Morgan fingerprint density at radius 3 is 2.43 bits per heavy atom. The first-order valence-electron chi connectivity index (χ1n) is 7.42. The van der Waals surface area contributed by atoms with Gasteiger partial charge in [-0.3, -0.25) is 14.4 Å². The third kappa shape index (κ3) is 2.42. The fraction of sp³-hybridized carbons (Fsp3) is 0.158. The van der Waals surface area contributed by atoms with Crippen LogP contribution < -0.4 is 0 Å². The van der Waals surface area contributed by atoms with Gasteiger partial charge in [-0.15, -0.1) is 0 Å². The van der Waals surface area contributed by atoms with Gasteiger partial charge in [0.05, 0.1) is 16.8 Å². The second-order valence-electron chi connectivity index (χ2n) is 5.51. The summed E-state index contributed by atoms with van der Waals surface area (Å²) in [7, 11) is 1.69. The molecule has 0 bridgehead atoms. The fourth-order valence-electron chi connectivity index (χ4n) is 2.92. The minimum Gasteiger partial charge on any atom is -0.494 e. The Morgan fingerprint density at radius 1 is 1.13 bits per heavy atom. The van der Waals surface area contributed by atoms with E-state index in [1.54, 1.807) is 7.05 Å². The predicted octanol–water partition coefficient (Wildman–Crippen LogP) is 3.78. The average Bonchev–Trinajstić information content (AvgIpc) is 2.81. The molecule has 4 nitrogen and oxygen atoms in total. The first-order chi connectivity index (χ1) is 11.0. The van der Waals surface area contributed by atoms with Crippen LogP contribution in [0.3, 0.4) is 0 Å². The molecular weight excluding hydrogens is 288 g/mol. The van der Waals surface area contributed by atoms with Crippen LogP contribution >= 0.6 is 0 Å². The van der Waals surface area contributed by atoms with Crippen LogP contribution in [0.1, 0.15) is 28.4 Å². The minimum atomic E-state index is -0.229. The van der Waals surface area contributed by atoms with Gasteiger partial charge < -0.3 is 5.11 Å². The molecule has 0 aliphatic rings. The molecule has 0 amide bonds. The highest BCUT2D eigenvalue weighted by Crippen LogP contribution is 2.34. The Labute approximate surface area is 134 Å². The Kier molecular flexibility index (Phi) is 3.74. The molecule has 1 heterocycles. The van der Waals surface area contributed by atoms with E-state index in [2.05, 4.69) is 4.99 Å². The van der Waals surface area contributed by atoms with Crippen molar-refractivity contribution >= 4 is 22.5 Å². The number of hydrogen-bond acceptors (Lipinski definition) is 3. The summed E-state index contributed by atoms with van der Waals surface area (Å²) in [5, 5.41) is 11.5. The van der Waals surface area contributed by atoms with Crippen molar-refractivity contribution in [2.75, 3.05) is 7.05 Å². The predicted molar refractivity (Wildman–Crippen MR) is 92.6 cm³/mol. The van der Waals surface area contributed by atoms with Crippen LogP contribution in [0, 0.1) is 6.92 Å². The highest BCUT2D eigenvalue weighted by molar-refractivity contribution is 6.22. The van der Waals surface area contributed by atoms with Gasteiger partial charge in [0, 0.05) is 24.9 Å². The Morgan fingerprint density at radius 2 is 1.83 bits per heavy atom. The molecule has 2 aromatic carbocycles. The van der Waals surface area contributed by atoms with E-state index >= 15 is 0 Å². The second kappa shape index (κ2) is 5.72. The lowest BCUT2D eigenvalue weighted by molar-refractivity contribution is 0.0933. The summed E-state index contributed by atoms with van der Waals surface area (Å²) in [6.07, 6.45) is 0. The molecule has 0 unspecified atom stereocenters. The van der Waals surface area contributed by atoms with Gasteiger partial charge in [0.1, 0.15) is 0 Å². The van der Waals surface area contributed by atoms with E-state index in [1.165, 1.54) is 11.5 Å². The van der Waals surface area contributed by atoms with E-state index in [1.807, 2.05) is 55.5 Å². The SMILES string of the molecule is CN=C(c1ccccc1)c1c(O)n(C(C)=O)c2cc(C)ccc12. The Hall–Kier alpha value is -2.88. The molecule has 0 atom stereocenters. The number of aromatic hydroxyl groups is 1. The van der Waals surface area contributed by atoms with E-state index in [9.17, 15) is 9.90 Å². The molecule has 1 N–H and O–H groups in total. The number of hydrogen-bond donors (Lipinski definition) is 1. The topological polar surface area (TPSA) is 54.6 Å². The van der Waals surface area contributed by atoms with Crippen molar-refractivity contribution in [3.63, 3.8) is 0 Å². The number of carbonyl (C=O) groups excluding carboxylic acids is 1. The Balaban J connectivity index is 2.38. The molecule has 4 heteroatoms. The molecule has 0 radical (unpaired) electrons. The maximum atomic E-state index is 12.0. The van der Waals surface area contributed by atoms with Gasteiger partial charge >= 0.3 is 0 Å². The smallest absolute Gasteiger partial charge is 0.230 e. The van der Waals surface area contributed by atoms with Crippen LogP contribution in [0.5, 0.6) is 5.88 Å². The first-order valence-corrected chi connectivity index (χ1v) is 7.42. The molecule has 0 spiro atoms. The number of aliphatic imine (C=N–C) groups is 1. The molecule has 23 heavy (non-hydrogen) atoms. The van der Waals surface area contributed by atoms with Crippen LogP contribution in [0.2, 0.25) is 0 Å². The number of aryl methyl sites for hydroxylation is 1. The zero-order valence-electron chi connectivity index (χ0n) is 13.4. The second-order valence-corrected chi connectivity index (χ2v) is 5.51. The van der Waals surface area contributed by atoms with Gasteiger partial charge in [0.25, 0.3) is 0 Å². The molecule has 0 aliphatic carbocycles. The number of benzene rings is 2. The lowest BCUT2D eigenvalue weighted by atomic mass is 10.0. The summed E-state index contributed by atoms with van der Waals surface area (Å²) in [5.74, 6) is -0.296. The first kappa shape index (κ1) is 15.0. The lowest BCUT2D eigenvalue weighted by Gasteiger charge is -2.06. The zero-order chi connectivity index (χ0) is 16.6. The maximum absolute atomic E-state index is 12.0. The summed E-state index contributed by atoms with van der Waals surface area (Å²) >= 11 is 0. The van der Waals surface area contributed by atoms with Gasteiger partial charge in [-0.05, 0) is 18.6 Å². The maximum Gasteiger partial charge on any atom is 0.230 e. The van der Waals surface area contributed by atoms with Gasteiger partial charge in [-0.25, -0.2) is 0 Å². The summed E-state index contributed by atoms with van der Waals surface area (Å²) in [6.45, 7) is 3.40. The third-order valence-corrected chi connectivity index (χ3v) is 3.92. The van der Waals surface area contributed by atoms with Gasteiger partial charge in [-0.2, -0.15) is 0 Å². The number of rotatable bonds is 2. The van der Waals surface area contributed by atoms with Gasteiger partial charge in [0.15, 0.2) is 0 Å². The van der Waals surface area contributed by atoms with Gasteiger partial charge in [-0.1, -0.05) is 42.5 Å². The average molecular weight is 306 g/mol. The summed E-state index contributed by atoms with van der Waals surface area (Å²) in [5.41, 5.74) is 3.87. The van der Waals surface area contributed by atoms with Crippen molar-refractivity contribution in [1.29, 1.82) is 0 Å². The molecule has 3 rings (SSSR count). The van der Waals surface area contributed by atoms with Crippen LogP contribution in [0.4, 0.5) is 0 Å². The monoisotopic (exact) mass is 306 g/mol. The van der Waals surface area contributed by atoms with E-state index in [0.717, 1.165) is 16.5 Å². The van der Waals surface area contributed by atoms with Crippen molar-refractivity contribution < 1.29 is 9.90 Å². The number of nitrogens with zero attached hydrogens (tertiary/aromatic N) is 2. The van der Waals surface area contributed by atoms with E-state index in [-0.39, 0.29) is 11.8 Å². The third-order valence-electron chi connectivity index (χ3n) is 3.92. The number of aromatic nitrogens is 1. The van der Waals surface area contributed by atoms with Crippen molar-refractivity contribution in [2.24, 2.45) is 4.99 Å². The normalized spacial score (nSPS) is 11.9. The quantitative estimate of drug-likeness (QED) is 0.732. The highest BCUT2D eigenvalue weighted by Gasteiger charge is 2.23. The molecule has 3 aromatic rings. The zero-order valence-corrected chi connectivity index (χ0v) is 13.4. The summed E-state index contributed by atoms with van der Waals surface area (Å²) in [6, 6.07) is 15.4. The largest absolute Gasteiger partial charge is 0.494 e. The van der Waals surface area contributed by atoms with E-state index in [0.29, 0.717) is 16.8 Å². The minimum absolute atomic E-state index is 0.0671. The van der Waals surface area contributed by atoms with E-state index in [4.69, 9.17) is 0 Å². The van der Waals surface area contributed by atoms with Crippen molar-refractivity contribution in [1.82, 2.24) is 4.57 Å². The highest BCUT2D eigenvalue weighted by atomic mass is 16.3. The number of carbonyl (C=O) groups is 1. The van der Waals surface area contributed by atoms with Crippen molar-refractivity contribution in [3.05, 3.63) is 65.2 Å². The van der Waals surface area contributed by atoms with Crippen molar-refractivity contribution in [2.45, 2.75) is 13.8 Å². The molecule has 0 aliphatic heterocycles. The molecule has 0 saturated carbocycles. The van der Waals surface area contributed by atoms with Gasteiger partial charge in [0.2, 0.25) is 11.8 Å². The standard InChI is InChI=1S/C19H18N2O2/c1-12-9-10-15-16(11-12)21(13(2)22)19(23)17(15)18(20-3)14-7-5-4-6-8-14/h4-11,23H,1-3H3. The van der Waals surface area contributed by atoms with Crippen LogP contribution in [-0.2, 0) is 0 Å². The Bertz CT molecular complexity index is 921. The molecule has 116 valence electrons. The molecule has 1 aromatic heterocycles. The van der Waals surface area contributed by atoms with Crippen molar-refractivity contribution in [3.8, 4) is 5.88 Å². The molecule has 0 fully saturated rings. The lowest BCUT2D eigenvalue weighted by Crippen LogP contribution is -2.06. The summed E-state index contributed by atoms with van der Waals surface area (Å²) in [4.78, 5) is 16.4.